The van der Waals surface area contributed by atoms with Crippen molar-refractivity contribution >= 4 is 16.0 Å². The van der Waals surface area contributed by atoms with Crippen molar-refractivity contribution in [3.63, 3.8) is 0 Å². The summed E-state index contributed by atoms with van der Waals surface area (Å²) < 4.78 is 32.9. The molecule has 0 aromatic heterocycles. The number of benzene rings is 2. The maximum atomic E-state index is 13.0. The van der Waals surface area contributed by atoms with Crippen LogP contribution in [-0.2, 0) is 14.8 Å². The number of rotatable bonds is 5. The minimum atomic E-state index is -3.61. The van der Waals surface area contributed by atoms with E-state index in [0.717, 1.165) is 12.0 Å². The van der Waals surface area contributed by atoms with E-state index in [4.69, 9.17) is 4.74 Å². The second kappa shape index (κ2) is 7.60. The highest BCUT2D eigenvalue weighted by Crippen LogP contribution is 2.30. The number of carbonyl (C=O) groups excluding carboxylic acids is 1. The Morgan fingerprint density at radius 1 is 1.12 bits per heavy atom. The quantitative estimate of drug-likeness (QED) is 0.755. The maximum Gasteiger partial charge on any atom is 0.338 e. The first-order chi connectivity index (χ1) is 12.4. The summed E-state index contributed by atoms with van der Waals surface area (Å²) in [5, 5.41) is 0. The van der Waals surface area contributed by atoms with Gasteiger partial charge in [0.05, 0.1) is 16.5 Å². The van der Waals surface area contributed by atoms with Crippen molar-refractivity contribution < 1.29 is 17.9 Å². The molecule has 1 saturated heterocycles. The predicted molar refractivity (Wildman–Crippen MR) is 99.4 cm³/mol. The number of aryl methyl sites for hydroxylation is 1. The third-order valence-electron chi connectivity index (χ3n) is 4.85. The van der Waals surface area contributed by atoms with Crippen LogP contribution < -0.4 is 0 Å². The second-order valence-corrected chi connectivity index (χ2v) is 8.62. The van der Waals surface area contributed by atoms with Gasteiger partial charge in [0.2, 0.25) is 10.0 Å². The monoisotopic (exact) mass is 373 g/mol. The summed E-state index contributed by atoms with van der Waals surface area (Å²) in [6, 6.07) is 15.2. The summed E-state index contributed by atoms with van der Waals surface area (Å²) in [5.74, 6) is -0.309. The van der Waals surface area contributed by atoms with Crippen molar-refractivity contribution in [3.8, 4) is 0 Å². The van der Waals surface area contributed by atoms with Gasteiger partial charge in [-0.05, 0) is 43.5 Å². The van der Waals surface area contributed by atoms with Crippen molar-refractivity contribution in [2.24, 2.45) is 5.92 Å². The van der Waals surface area contributed by atoms with Crippen LogP contribution in [0.3, 0.4) is 0 Å². The molecule has 2 aromatic rings. The lowest BCUT2D eigenvalue weighted by Crippen LogP contribution is -2.41. The highest BCUT2D eigenvalue weighted by Gasteiger charge is 2.40. The third-order valence-corrected chi connectivity index (χ3v) is 6.79. The van der Waals surface area contributed by atoms with Crippen molar-refractivity contribution in [1.82, 2.24) is 4.31 Å². The largest absolute Gasteiger partial charge is 0.460 e. The zero-order valence-corrected chi connectivity index (χ0v) is 15.8. The maximum absolute atomic E-state index is 13.0. The summed E-state index contributed by atoms with van der Waals surface area (Å²) >= 11 is 0. The highest BCUT2D eigenvalue weighted by atomic mass is 32.2. The molecule has 0 amide bonds. The van der Waals surface area contributed by atoms with Gasteiger partial charge in [-0.25, -0.2) is 13.2 Å². The molecular weight excluding hydrogens is 350 g/mol. The van der Waals surface area contributed by atoms with E-state index >= 15 is 0 Å². The van der Waals surface area contributed by atoms with Gasteiger partial charge in [-0.2, -0.15) is 4.31 Å². The molecule has 0 N–H and O–H groups in total. The Morgan fingerprint density at radius 3 is 2.42 bits per heavy atom. The van der Waals surface area contributed by atoms with Gasteiger partial charge in [0.25, 0.3) is 0 Å². The fourth-order valence-electron chi connectivity index (χ4n) is 3.18. The van der Waals surface area contributed by atoms with Crippen LogP contribution in [0.2, 0.25) is 0 Å². The first kappa shape index (κ1) is 18.6. The van der Waals surface area contributed by atoms with Gasteiger partial charge in [-0.3, -0.25) is 0 Å². The van der Waals surface area contributed by atoms with E-state index in [2.05, 4.69) is 0 Å². The van der Waals surface area contributed by atoms with Crippen LogP contribution in [0.25, 0.3) is 0 Å². The van der Waals surface area contributed by atoms with E-state index in [-0.39, 0.29) is 23.5 Å². The average molecular weight is 373 g/mol. The predicted octanol–water partition coefficient (Wildman–Crippen LogP) is 3.25. The van der Waals surface area contributed by atoms with E-state index in [1.807, 2.05) is 19.9 Å². The molecule has 0 spiro atoms. The van der Waals surface area contributed by atoms with Gasteiger partial charge in [0, 0.05) is 6.54 Å². The molecular formula is C20H23NO4S. The van der Waals surface area contributed by atoms with Gasteiger partial charge in [-0.1, -0.05) is 42.8 Å². The number of nitrogens with zero attached hydrogens (tertiary/aromatic N) is 1. The molecule has 0 radical (unpaired) electrons. The minimum absolute atomic E-state index is 0.0555. The Labute approximate surface area is 154 Å². The zero-order chi connectivity index (χ0) is 18.7. The van der Waals surface area contributed by atoms with Crippen LogP contribution >= 0.6 is 0 Å². The molecule has 0 bridgehead atoms. The fraction of sp³-hybridized carbons (Fsp3) is 0.350. The van der Waals surface area contributed by atoms with Crippen molar-refractivity contribution in [2.75, 3.05) is 13.2 Å². The summed E-state index contributed by atoms with van der Waals surface area (Å²) in [5.41, 5.74) is 1.47. The van der Waals surface area contributed by atoms with Crippen LogP contribution in [0.1, 0.15) is 29.3 Å². The molecule has 2 aromatic carbocycles. The van der Waals surface area contributed by atoms with Gasteiger partial charge < -0.3 is 4.74 Å². The first-order valence-corrected chi connectivity index (χ1v) is 10.1. The minimum Gasteiger partial charge on any atom is -0.460 e. The Bertz CT molecular complexity index is 862. The highest BCUT2D eigenvalue weighted by molar-refractivity contribution is 7.89. The van der Waals surface area contributed by atoms with Gasteiger partial charge in [-0.15, -0.1) is 0 Å². The number of hydrogen-bond donors (Lipinski definition) is 0. The van der Waals surface area contributed by atoms with Crippen LogP contribution in [0.15, 0.2) is 59.5 Å². The Morgan fingerprint density at radius 2 is 1.77 bits per heavy atom. The summed E-state index contributed by atoms with van der Waals surface area (Å²) in [6.07, 6.45) is 0.749. The van der Waals surface area contributed by atoms with E-state index < -0.39 is 16.0 Å². The molecule has 3 rings (SSSR count). The molecule has 0 unspecified atom stereocenters. The number of ether oxygens (including phenoxy) is 1. The van der Waals surface area contributed by atoms with E-state index in [9.17, 15) is 13.2 Å². The molecule has 1 heterocycles. The van der Waals surface area contributed by atoms with Gasteiger partial charge >= 0.3 is 5.97 Å². The van der Waals surface area contributed by atoms with Gasteiger partial charge in [0.1, 0.15) is 6.61 Å². The van der Waals surface area contributed by atoms with Crippen LogP contribution in [-0.4, -0.2) is 37.9 Å². The molecule has 138 valence electrons. The van der Waals surface area contributed by atoms with E-state index in [1.54, 1.807) is 48.5 Å². The van der Waals surface area contributed by atoms with Crippen molar-refractivity contribution in [3.05, 3.63) is 65.7 Å². The lowest BCUT2D eigenvalue weighted by molar-refractivity contribution is 0.0419. The number of hydrogen-bond acceptors (Lipinski definition) is 4. The number of sulfonamides is 1. The number of carbonyl (C=O) groups is 1. The average Bonchev–Trinajstić information content (AvgIpc) is 3.02. The first-order valence-electron chi connectivity index (χ1n) is 8.70. The second-order valence-electron chi connectivity index (χ2n) is 6.73. The lowest BCUT2D eigenvalue weighted by Gasteiger charge is -2.26. The molecule has 0 saturated carbocycles. The molecule has 1 aliphatic heterocycles. The van der Waals surface area contributed by atoms with Crippen molar-refractivity contribution in [2.45, 2.75) is 31.2 Å². The van der Waals surface area contributed by atoms with Crippen LogP contribution in [0.5, 0.6) is 0 Å². The summed E-state index contributed by atoms with van der Waals surface area (Å²) in [6.45, 7) is 4.40. The molecule has 1 aliphatic rings. The molecule has 26 heavy (non-hydrogen) atoms. The van der Waals surface area contributed by atoms with Crippen LogP contribution in [0.4, 0.5) is 0 Å². The van der Waals surface area contributed by atoms with Crippen molar-refractivity contribution in [1.29, 1.82) is 0 Å². The fourth-order valence-corrected chi connectivity index (χ4v) is 4.90. The molecule has 2 atom stereocenters. The Kier molecular flexibility index (Phi) is 5.44. The Hall–Kier alpha value is -2.18. The molecule has 6 heteroatoms. The number of esters is 1. The zero-order valence-electron chi connectivity index (χ0n) is 15.0. The van der Waals surface area contributed by atoms with E-state index in [1.165, 1.54) is 4.31 Å². The lowest BCUT2D eigenvalue weighted by atomic mass is 10.0. The smallest absolute Gasteiger partial charge is 0.338 e. The third kappa shape index (κ3) is 3.81. The van der Waals surface area contributed by atoms with E-state index in [0.29, 0.717) is 12.1 Å². The van der Waals surface area contributed by atoms with Gasteiger partial charge in [0.15, 0.2) is 0 Å². The molecule has 1 fully saturated rings. The molecule has 5 nitrogen and oxygen atoms in total. The normalized spacial score (nSPS) is 20.8. The topological polar surface area (TPSA) is 63.7 Å². The Balaban J connectivity index is 1.75. The standard InChI is InChI=1S/C20H23NO4S/c1-15-8-10-18(11-9-15)26(23,24)21-13-12-16(2)19(21)14-25-20(22)17-6-4-3-5-7-17/h3-11,16,19H,12-14H2,1-2H3/t16-,19+/m0/s1. The SMILES string of the molecule is Cc1ccc(S(=O)(=O)N2CC[C@H](C)[C@H]2COC(=O)c2ccccc2)cc1. The molecule has 0 aliphatic carbocycles. The summed E-state index contributed by atoms with van der Waals surface area (Å²) in [4.78, 5) is 12.5. The summed E-state index contributed by atoms with van der Waals surface area (Å²) in [7, 11) is -3.61. The van der Waals surface area contributed by atoms with Crippen LogP contribution in [0, 0.1) is 12.8 Å².